The minimum absolute atomic E-state index is 0.284. The smallest absolute Gasteiger partial charge is 0.129 e. The van der Waals surface area contributed by atoms with Crippen molar-refractivity contribution in [2.75, 3.05) is 5.73 Å². The third kappa shape index (κ3) is 3.07. The van der Waals surface area contributed by atoms with Crippen LogP contribution in [0.2, 0.25) is 0 Å². The molecular formula is C13H15FN2O. The molecule has 0 unspecified atom stereocenters. The maximum atomic E-state index is 13.4. The van der Waals surface area contributed by atoms with Gasteiger partial charge < -0.3 is 15.5 Å². The van der Waals surface area contributed by atoms with E-state index in [0.29, 0.717) is 24.3 Å². The highest BCUT2D eigenvalue weighted by atomic mass is 19.1. The zero-order valence-electron chi connectivity index (χ0n) is 9.66. The van der Waals surface area contributed by atoms with Crippen molar-refractivity contribution in [2.24, 2.45) is 0 Å². The number of hydrogen-bond acceptors (Lipinski definition) is 3. The van der Waals surface area contributed by atoms with Crippen LogP contribution < -0.4 is 11.1 Å². The lowest BCUT2D eigenvalue weighted by Gasteiger charge is -2.05. The molecule has 4 heteroatoms. The molecule has 0 aliphatic rings. The SMILES string of the molecule is Cc1ccc(CNCc2ccc(N)cc2F)o1. The standard InChI is InChI=1S/C13H15FN2O/c1-9-2-5-12(17-9)8-16-7-10-3-4-11(15)6-13(10)14/h2-6,16H,7-8,15H2,1H3. The van der Waals surface area contributed by atoms with Gasteiger partial charge >= 0.3 is 0 Å². The number of rotatable bonds is 4. The largest absolute Gasteiger partial charge is 0.465 e. The molecule has 1 aromatic carbocycles. The van der Waals surface area contributed by atoms with Crippen LogP contribution >= 0.6 is 0 Å². The van der Waals surface area contributed by atoms with Crippen LogP contribution in [0.4, 0.5) is 10.1 Å². The van der Waals surface area contributed by atoms with Gasteiger partial charge in [0.15, 0.2) is 0 Å². The van der Waals surface area contributed by atoms with E-state index in [-0.39, 0.29) is 5.82 Å². The van der Waals surface area contributed by atoms with Crippen molar-refractivity contribution in [3.63, 3.8) is 0 Å². The lowest BCUT2D eigenvalue weighted by molar-refractivity contribution is 0.459. The second-order valence-electron chi connectivity index (χ2n) is 3.97. The van der Waals surface area contributed by atoms with E-state index >= 15 is 0 Å². The summed E-state index contributed by atoms with van der Waals surface area (Å²) >= 11 is 0. The molecule has 0 atom stereocenters. The van der Waals surface area contributed by atoms with Gasteiger partial charge in [-0.15, -0.1) is 0 Å². The molecule has 1 heterocycles. The van der Waals surface area contributed by atoms with Gasteiger partial charge in [-0.1, -0.05) is 6.07 Å². The van der Waals surface area contributed by atoms with E-state index in [0.717, 1.165) is 11.5 Å². The molecule has 2 rings (SSSR count). The molecule has 0 bridgehead atoms. The molecule has 90 valence electrons. The summed E-state index contributed by atoms with van der Waals surface area (Å²) in [6, 6.07) is 8.51. The molecule has 0 spiro atoms. The van der Waals surface area contributed by atoms with E-state index < -0.39 is 0 Å². The number of benzene rings is 1. The Morgan fingerprint density at radius 2 is 2.06 bits per heavy atom. The average molecular weight is 234 g/mol. The topological polar surface area (TPSA) is 51.2 Å². The number of aryl methyl sites for hydroxylation is 1. The van der Waals surface area contributed by atoms with Crippen LogP contribution in [0, 0.1) is 12.7 Å². The van der Waals surface area contributed by atoms with Crippen molar-refractivity contribution in [3.8, 4) is 0 Å². The van der Waals surface area contributed by atoms with Gasteiger partial charge in [0, 0.05) is 17.8 Å². The highest BCUT2D eigenvalue weighted by molar-refractivity contribution is 5.40. The number of nitrogens with two attached hydrogens (primary N) is 1. The van der Waals surface area contributed by atoms with Gasteiger partial charge in [0.05, 0.1) is 6.54 Å². The number of nitrogens with one attached hydrogen (secondary N) is 1. The summed E-state index contributed by atoms with van der Waals surface area (Å²) in [7, 11) is 0. The van der Waals surface area contributed by atoms with Gasteiger partial charge in [0.2, 0.25) is 0 Å². The molecule has 0 amide bonds. The fraction of sp³-hybridized carbons (Fsp3) is 0.231. The molecule has 0 fully saturated rings. The fourth-order valence-electron chi connectivity index (χ4n) is 1.61. The Labute approximate surface area is 99.4 Å². The first kappa shape index (κ1) is 11.7. The highest BCUT2D eigenvalue weighted by Crippen LogP contribution is 2.12. The van der Waals surface area contributed by atoms with Crippen LogP contribution in [0.3, 0.4) is 0 Å². The number of nitrogen functional groups attached to an aromatic ring is 1. The van der Waals surface area contributed by atoms with E-state index in [1.165, 1.54) is 6.07 Å². The van der Waals surface area contributed by atoms with Crippen molar-refractivity contribution >= 4 is 5.69 Å². The maximum Gasteiger partial charge on any atom is 0.129 e. The zero-order chi connectivity index (χ0) is 12.3. The highest BCUT2D eigenvalue weighted by Gasteiger charge is 2.03. The van der Waals surface area contributed by atoms with Crippen molar-refractivity contribution < 1.29 is 8.81 Å². The number of anilines is 1. The fourth-order valence-corrected chi connectivity index (χ4v) is 1.61. The average Bonchev–Trinajstić information content (AvgIpc) is 2.68. The molecule has 0 radical (unpaired) electrons. The van der Waals surface area contributed by atoms with Gasteiger partial charge in [0.25, 0.3) is 0 Å². The first-order valence-electron chi connectivity index (χ1n) is 5.45. The Morgan fingerprint density at radius 3 is 2.71 bits per heavy atom. The molecular weight excluding hydrogens is 219 g/mol. The summed E-state index contributed by atoms with van der Waals surface area (Å²) in [5.41, 5.74) is 6.51. The lowest BCUT2D eigenvalue weighted by Crippen LogP contribution is -2.13. The van der Waals surface area contributed by atoms with E-state index in [4.69, 9.17) is 10.2 Å². The summed E-state index contributed by atoms with van der Waals surface area (Å²) < 4.78 is 18.8. The van der Waals surface area contributed by atoms with Gasteiger partial charge in [-0.2, -0.15) is 0 Å². The third-order valence-electron chi connectivity index (χ3n) is 2.49. The van der Waals surface area contributed by atoms with E-state index in [1.54, 1.807) is 12.1 Å². The summed E-state index contributed by atoms with van der Waals surface area (Å²) in [6.07, 6.45) is 0. The molecule has 1 aromatic heterocycles. The zero-order valence-corrected chi connectivity index (χ0v) is 9.66. The molecule has 2 aromatic rings. The van der Waals surface area contributed by atoms with Gasteiger partial charge in [-0.25, -0.2) is 4.39 Å². The first-order valence-corrected chi connectivity index (χ1v) is 5.45. The van der Waals surface area contributed by atoms with E-state index in [2.05, 4.69) is 5.32 Å². The Bertz CT molecular complexity index is 508. The number of furan rings is 1. The van der Waals surface area contributed by atoms with Crippen LogP contribution in [-0.4, -0.2) is 0 Å². The van der Waals surface area contributed by atoms with Crippen molar-refractivity contribution in [2.45, 2.75) is 20.0 Å². The number of hydrogen-bond donors (Lipinski definition) is 2. The van der Waals surface area contributed by atoms with Gasteiger partial charge in [-0.05, 0) is 31.2 Å². The molecule has 3 nitrogen and oxygen atoms in total. The molecule has 17 heavy (non-hydrogen) atoms. The maximum absolute atomic E-state index is 13.4. The van der Waals surface area contributed by atoms with Gasteiger partial charge in [-0.3, -0.25) is 0 Å². The molecule has 3 N–H and O–H groups in total. The Morgan fingerprint density at radius 1 is 1.24 bits per heavy atom. The minimum Gasteiger partial charge on any atom is -0.465 e. The van der Waals surface area contributed by atoms with Crippen LogP contribution in [0.15, 0.2) is 34.7 Å². The second kappa shape index (κ2) is 5.01. The predicted molar refractivity (Wildman–Crippen MR) is 64.8 cm³/mol. The predicted octanol–water partition coefficient (Wildman–Crippen LogP) is 2.60. The van der Waals surface area contributed by atoms with Crippen LogP contribution in [-0.2, 0) is 13.1 Å². The van der Waals surface area contributed by atoms with E-state index in [9.17, 15) is 4.39 Å². The molecule has 0 saturated carbocycles. The summed E-state index contributed by atoms with van der Waals surface area (Å²) in [6.45, 7) is 2.92. The first-order chi connectivity index (χ1) is 8.15. The monoisotopic (exact) mass is 234 g/mol. The van der Waals surface area contributed by atoms with Crippen LogP contribution in [0.5, 0.6) is 0 Å². The summed E-state index contributed by atoms with van der Waals surface area (Å²) in [5.74, 6) is 1.44. The third-order valence-corrected chi connectivity index (χ3v) is 2.49. The quantitative estimate of drug-likeness (QED) is 0.799. The number of halogens is 1. The second-order valence-corrected chi connectivity index (χ2v) is 3.97. The Kier molecular flexibility index (Phi) is 3.44. The van der Waals surface area contributed by atoms with Crippen molar-refractivity contribution in [1.82, 2.24) is 5.32 Å². The summed E-state index contributed by atoms with van der Waals surface area (Å²) in [4.78, 5) is 0. The molecule has 0 aliphatic carbocycles. The Balaban J connectivity index is 1.90. The minimum atomic E-state index is -0.284. The summed E-state index contributed by atoms with van der Waals surface area (Å²) in [5, 5.41) is 3.12. The molecule has 0 saturated heterocycles. The van der Waals surface area contributed by atoms with Gasteiger partial charge in [0.1, 0.15) is 17.3 Å². The normalized spacial score (nSPS) is 10.7. The van der Waals surface area contributed by atoms with Crippen LogP contribution in [0.25, 0.3) is 0 Å². The molecule has 0 aliphatic heterocycles. The van der Waals surface area contributed by atoms with Crippen LogP contribution in [0.1, 0.15) is 17.1 Å². The van der Waals surface area contributed by atoms with E-state index in [1.807, 2.05) is 19.1 Å². The Hall–Kier alpha value is -1.81. The lowest BCUT2D eigenvalue weighted by atomic mass is 10.2. The van der Waals surface area contributed by atoms with Crippen molar-refractivity contribution in [3.05, 3.63) is 53.2 Å². The van der Waals surface area contributed by atoms with Crippen molar-refractivity contribution in [1.29, 1.82) is 0 Å².